The zero-order valence-corrected chi connectivity index (χ0v) is 10.3. The summed E-state index contributed by atoms with van der Waals surface area (Å²) < 4.78 is 2.35. The van der Waals surface area contributed by atoms with Crippen molar-refractivity contribution in [3.8, 4) is 0 Å². The molecule has 1 atom stereocenters. The number of piperidine rings is 1. The monoisotopic (exact) mass is 229 g/mol. The highest BCUT2D eigenvalue weighted by Gasteiger charge is 2.15. The summed E-state index contributed by atoms with van der Waals surface area (Å²) in [6.07, 6.45) is 3.95. The van der Waals surface area contributed by atoms with E-state index in [9.17, 15) is 0 Å². The highest BCUT2D eigenvalue weighted by atomic mass is 15.1. The predicted octanol–water partition coefficient (Wildman–Crippen LogP) is 2.49. The molecule has 2 heterocycles. The molecule has 90 valence electrons. The van der Waals surface area contributed by atoms with Gasteiger partial charge >= 0.3 is 0 Å². The van der Waals surface area contributed by atoms with E-state index in [2.05, 4.69) is 46.1 Å². The summed E-state index contributed by atoms with van der Waals surface area (Å²) in [6.45, 7) is 4.31. The molecule has 17 heavy (non-hydrogen) atoms. The fourth-order valence-electron chi connectivity index (χ4n) is 2.73. The molecule has 0 bridgehead atoms. The van der Waals surface area contributed by atoms with Crippen LogP contribution < -0.4 is 5.32 Å². The normalized spacial score (nSPS) is 20.9. The minimum atomic E-state index is 0.611. The Morgan fingerprint density at radius 1 is 1.35 bits per heavy atom. The Kier molecular flexibility index (Phi) is 2.85. The van der Waals surface area contributed by atoms with Crippen LogP contribution >= 0.6 is 0 Å². The van der Waals surface area contributed by atoms with Crippen LogP contribution in [0, 0.1) is 6.92 Å². The van der Waals surface area contributed by atoms with Gasteiger partial charge in [-0.05, 0) is 38.4 Å². The van der Waals surface area contributed by atoms with Crippen molar-refractivity contribution in [2.24, 2.45) is 0 Å². The molecule has 1 unspecified atom stereocenters. The van der Waals surface area contributed by atoms with Crippen molar-refractivity contribution in [1.29, 1.82) is 0 Å². The molecule has 1 aromatic heterocycles. The zero-order chi connectivity index (χ0) is 11.7. The maximum atomic E-state index is 4.61. The molecule has 3 rings (SSSR count). The van der Waals surface area contributed by atoms with Crippen molar-refractivity contribution in [1.82, 2.24) is 14.9 Å². The first-order valence-corrected chi connectivity index (χ1v) is 6.50. The number of aryl methyl sites for hydroxylation is 1. The lowest BCUT2D eigenvalue weighted by atomic mass is 10.1. The number of rotatable bonds is 2. The highest BCUT2D eigenvalue weighted by molar-refractivity contribution is 5.75. The van der Waals surface area contributed by atoms with Gasteiger partial charge in [0.1, 0.15) is 5.82 Å². The van der Waals surface area contributed by atoms with E-state index in [1.807, 2.05) is 0 Å². The standard InChI is InChI=1S/C14H19N3/c1-11-16-13-7-2-3-8-14(13)17(11)10-12-6-4-5-9-15-12/h2-3,7-8,12,15H,4-6,9-10H2,1H3. The van der Waals surface area contributed by atoms with E-state index in [1.165, 1.54) is 24.8 Å². The molecular weight excluding hydrogens is 210 g/mol. The molecule has 3 nitrogen and oxygen atoms in total. The summed E-state index contributed by atoms with van der Waals surface area (Å²) in [5, 5.41) is 3.60. The summed E-state index contributed by atoms with van der Waals surface area (Å²) in [5.74, 6) is 1.12. The molecule has 1 aliphatic heterocycles. The van der Waals surface area contributed by atoms with Crippen molar-refractivity contribution < 1.29 is 0 Å². The van der Waals surface area contributed by atoms with Crippen LogP contribution in [-0.4, -0.2) is 22.1 Å². The molecular formula is C14H19N3. The first kappa shape index (κ1) is 10.8. The van der Waals surface area contributed by atoms with E-state index in [1.54, 1.807) is 0 Å². The van der Waals surface area contributed by atoms with Crippen LogP contribution in [0.4, 0.5) is 0 Å². The largest absolute Gasteiger partial charge is 0.327 e. The van der Waals surface area contributed by atoms with Crippen LogP contribution in [0.15, 0.2) is 24.3 Å². The van der Waals surface area contributed by atoms with Crippen molar-refractivity contribution in [3.63, 3.8) is 0 Å². The van der Waals surface area contributed by atoms with Crippen molar-refractivity contribution in [3.05, 3.63) is 30.1 Å². The van der Waals surface area contributed by atoms with Gasteiger partial charge in [-0.25, -0.2) is 4.98 Å². The molecule has 1 saturated heterocycles. The van der Waals surface area contributed by atoms with Crippen LogP contribution in [0.2, 0.25) is 0 Å². The molecule has 1 N–H and O–H groups in total. The van der Waals surface area contributed by atoms with Crippen LogP contribution in [-0.2, 0) is 6.54 Å². The number of hydrogen-bond acceptors (Lipinski definition) is 2. The summed E-state index contributed by atoms with van der Waals surface area (Å²) in [7, 11) is 0. The summed E-state index contributed by atoms with van der Waals surface area (Å²) in [6, 6.07) is 9.01. The van der Waals surface area contributed by atoms with E-state index in [0.29, 0.717) is 6.04 Å². The molecule has 1 aromatic carbocycles. The summed E-state index contributed by atoms with van der Waals surface area (Å²) in [5.41, 5.74) is 2.37. The fraction of sp³-hybridized carbons (Fsp3) is 0.500. The Hall–Kier alpha value is -1.35. The maximum Gasteiger partial charge on any atom is 0.106 e. The average molecular weight is 229 g/mol. The highest BCUT2D eigenvalue weighted by Crippen LogP contribution is 2.18. The predicted molar refractivity (Wildman–Crippen MR) is 70.1 cm³/mol. The van der Waals surface area contributed by atoms with E-state index >= 15 is 0 Å². The average Bonchev–Trinajstić information content (AvgIpc) is 2.68. The van der Waals surface area contributed by atoms with Gasteiger partial charge in [-0.15, -0.1) is 0 Å². The third-order valence-electron chi connectivity index (χ3n) is 3.66. The van der Waals surface area contributed by atoms with Crippen LogP contribution in [0.3, 0.4) is 0 Å². The third kappa shape index (κ3) is 2.07. The molecule has 0 amide bonds. The van der Waals surface area contributed by atoms with E-state index in [4.69, 9.17) is 0 Å². The molecule has 0 aliphatic carbocycles. The van der Waals surface area contributed by atoms with Gasteiger partial charge in [0.2, 0.25) is 0 Å². The zero-order valence-electron chi connectivity index (χ0n) is 10.3. The lowest BCUT2D eigenvalue weighted by molar-refractivity contribution is 0.364. The van der Waals surface area contributed by atoms with Crippen LogP contribution in [0.5, 0.6) is 0 Å². The van der Waals surface area contributed by atoms with E-state index in [-0.39, 0.29) is 0 Å². The van der Waals surface area contributed by atoms with E-state index < -0.39 is 0 Å². The number of hydrogen-bond donors (Lipinski definition) is 1. The van der Waals surface area contributed by atoms with Crippen LogP contribution in [0.1, 0.15) is 25.1 Å². The Morgan fingerprint density at radius 3 is 3.06 bits per heavy atom. The second-order valence-corrected chi connectivity index (χ2v) is 4.91. The Morgan fingerprint density at radius 2 is 2.24 bits per heavy atom. The Labute approximate surface area is 102 Å². The first-order chi connectivity index (χ1) is 8.34. The smallest absolute Gasteiger partial charge is 0.106 e. The number of imidazole rings is 1. The molecule has 1 fully saturated rings. The van der Waals surface area contributed by atoms with Crippen molar-refractivity contribution in [2.45, 2.75) is 38.8 Å². The van der Waals surface area contributed by atoms with Gasteiger partial charge in [0, 0.05) is 12.6 Å². The lowest BCUT2D eigenvalue weighted by Crippen LogP contribution is -2.37. The van der Waals surface area contributed by atoms with Gasteiger partial charge in [0.05, 0.1) is 11.0 Å². The van der Waals surface area contributed by atoms with Crippen molar-refractivity contribution in [2.75, 3.05) is 6.54 Å². The number of nitrogens with zero attached hydrogens (tertiary/aromatic N) is 2. The van der Waals surface area contributed by atoms with Crippen LogP contribution in [0.25, 0.3) is 11.0 Å². The lowest BCUT2D eigenvalue weighted by Gasteiger charge is -2.24. The van der Waals surface area contributed by atoms with Gasteiger partial charge in [0.15, 0.2) is 0 Å². The van der Waals surface area contributed by atoms with Gasteiger partial charge in [0.25, 0.3) is 0 Å². The fourth-order valence-corrected chi connectivity index (χ4v) is 2.73. The molecule has 2 aromatic rings. The number of aromatic nitrogens is 2. The minimum absolute atomic E-state index is 0.611. The first-order valence-electron chi connectivity index (χ1n) is 6.50. The van der Waals surface area contributed by atoms with E-state index in [0.717, 1.165) is 24.4 Å². The third-order valence-corrected chi connectivity index (χ3v) is 3.66. The second-order valence-electron chi connectivity index (χ2n) is 4.91. The Balaban J connectivity index is 1.90. The summed E-state index contributed by atoms with van der Waals surface area (Å²) in [4.78, 5) is 4.61. The molecule has 0 spiro atoms. The van der Waals surface area contributed by atoms with Gasteiger partial charge in [-0.2, -0.15) is 0 Å². The van der Waals surface area contributed by atoms with Crippen molar-refractivity contribution >= 4 is 11.0 Å². The number of para-hydroxylation sites is 2. The second kappa shape index (κ2) is 4.49. The quantitative estimate of drug-likeness (QED) is 0.857. The summed E-state index contributed by atoms with van der Waals surface area (Å²) >= 11 is 0. The van der Waals surface area contributed by atoms with Gasteiger partial charge < -0.3 is 9.88 Å². The molecule has 3 heteroatoms. The SMILES string of the molecule is Cc1nc2ccccc2n1CC1CCCCN1. The number of benzene rings is 1. The molecule has 0 radical (unpaired) electrons. The van der Waals surface area contributed by atoms with Gasteiger partial charge in [-0.3, -0.25) is 0 Å². The van der Waals surface area contributed by atoms with Gasteiger partial charge in [-0.1, -0.05) is 18.6 Å². The topological polar surface area (TPSA) is 29.9 Å². The minimum Gasteiger partial charge on any atom is -0.327 e. The Bertz CT molecular complexity index is 509. The number of fused-ring (bicyclic) bond motifs is 1. The number of nitrogens with one attached hydrogen (secondary N) is 1. The molecule has 0 saturated carbocycles. The molecule has 1 aliphatic rings. The maximum absolute atomic E-state index is 4.61.